The zero-order chi connectivity index (χ0) is 22.1. The molecule has 3 N–H and O–H groups in total. The summed E-state index contributed by atoms with van der Waals surface area (Å²) in [6.45, 7) is 0. The van der Waals surface area contributed by atoms with Gasteiger partial charge in [0.1, 0.15) is 11.9 Å². The molecule has 0 spiro atoms. The van der Waals surface area contributed by atoms with E-state index in [0.29, 0.717) is 24.2 Å². The van der Waals surface area contributed by atoms with Gasteiger partial charge in [-0.15, -0.1) is 13.2 Å². The maximum atomic E-state index is 13.0. The number of hydrogen-bond donors (Lipinski definition) is 3. The number of ether oxygens (including phenoxy) is 1. The lowest BCUT2D eigenvalue weighted by Crippen LogP contribution is -2.61. The van der Waals surface area contributed by atoms with Gasteiger partial charge in [0.2, 0.25) is 11.8 Å². The molecule has 11 heteroatoms. The first-order chi connectivity index (χ1) is 14.7. The SMILES string of the molecule is O=C1CC(C(=O)NC2(c3ccc(OC(F)(F)F)cc3)CCC2)NC(c2ncccn2)N1. The van der Waals surface area contributed by atoms with Crippen molar-refractivity contribution in [2.45, 2.75) is 49.8 Å². The average molecular weight is 435 g/mol. The van der Waals surface area contributed by atoms with E-state index in [1.807, 2.05) is 0 Å². The van der Waals surface area contributed by atoms with Crippen LogP contribution >= 0.6 is 0 Å². The van der Waals surface area contributed by atoms with Crippen LogP contribution in [0, 0.1) is 0 Å². The zero-order valence-corrected chi connectivity index (χ0v) is 16.3. The third-order valence-electron chi connectivity index (χ3n) is 5.43. The van der Waals surface area contributed by atoms with Crippen LogP contribution in [0.3, 0.4) is 0 Å². The first-order valence-electron chi connectivity index (χ1n) is 9.75. The minimum Gasteiger partial charge on any atom is -0.406 e. The van der Waals surface area contributed by atoms with Gasteiger partial charge in [0.25, 0.3) is 0 Å². The molecule has 2 heterocycles. The first-order valence-corrected chi connectivity index (χ1v) is 9.75. The van der Waals surface area contributed by atoms with Crippen molar-refractivity contribution >= 4 is 11.8 Å². The molecule has 1 saturated carbocycles. The van der Waals surface area contributed by atoms with E-state index in [9.17, 15) is 22.8 Å². The predicted octanol–water partition coefficient (Wildman–Crippen LogP) is 2.05. The van der Waals surface area contributed by atoms with E-state index in [0.717, 1.165) is 6.42 Å². The highest BCUT2D eigenvalue weighted by molar-refractivity contribution is 5.90. The molecule has 1 saturated heterocycles. The molecular formula is C20H20F3N5O3. The summed E-state index contributed by atoms with van der Waals surface area (Å²) < 4.78 is 41.1. The number of halogens is 3. The van der Waals surface area contributed by atoms with Gasteiger partial charge < -0.3 is 15.4 Å². The van der Waals surface area contributed by atoms with Crippen molar-refractivity contribution in [1.29, 1.82) is 0 Å². The van der Waals surface area contributed by atoms with Crippen molar-refractivity contribution in [2.24, 2.45) is 0 Å². The molecule has 2 fully saturated rings. The highest BCUT2D eigenvalue weighted by atomic mass is 19.4. The van der Waals surface area contributed by atoms with Crippen molar-refractivity contribution in [3.63, 3.8) is 0 Å². The lowest BCUT2D eigenvalue weighted by molar-refractivity contribution is -0.274. The molecule has 2 aliphatic rings. The third kappa shape index (κ3) is 4.76. The summed E-state index contributed by atoms with van der Waals surface area (Å²) in [7, 11) is 0. The van der Waals surface area contributed by atoms with Crippen LogP contribution in [0.15, 0.2) is 42.7 Å². The van der Waals surface area contributed by atoms with Gasteiger partial charge in [-0.25, -0.2) is 9.97 Å². The van der Waals surface area contributed by atoms with Crippen LogP contribution in [0.1, 0.15) is 43.2 Å². The number of benzene rings is 1. The zero-order valence-electron chi connectivity index (χ0n) is 16.3. The lowest BCUT2D eigenvalue weighted by atomic mass is 9.71. The van der Waals surface area contributed by atoms with Crippen molar-refractivity contribution in [2.75, 3.05) is 0 Å². The second-order valence-electron chi connectivity index (χ2n) is 7.53. The monoisotopic (exact) mass is 435 g/mol. The summed E-state index contributed by atoms with van der Waals surface area (Å²) in [5.74, 6) is -0.668. The molecule has 2 atom stereocenters. The van der Waals surface area contributed by atoms with Crippen molar-refractivity contribution < 1.29 is 27.5 Å². The Bertz CT molecular complexity index is 949. The number of alkyl halides is 3. The molecule has 1 aromatic heterocycles. The third-order valence-corrected chi connectivity index (χ3v) is 5.43. The molecule has 1 aliphatic heterocycles. The van der Waals surface area contributed by atoms with Gasteiger partial charge in [0, 0.05) is 12.4 Å². The van der Waals surface area contributed by atoms with Crippen LogP contribution in [0.2, 0.25) is 0 Å². The number of aromatic nitrogens is 2. The van der Waals surface area contributed by atoms with Gasteiger partial charge in [-0.1, -0.05) is 12.1 Å². The fraction of sp³-hybridized carbons (Fsp3) is 0.400. The Morgan fingerprint density at radius 2 is 1.84 bits per heavy atom. The van der Waals surface area contributed by atoms with Gasteiger partial charge in [0.05, 0.1) is 18.0 Å². The standard InChI is InChI=1S/C20H20F3N5O3/c21-20(22,23)31-13-5-3-12(4-6-13)19(7-1-8-19)28-18(30)14-11-15(29)27-17(26-14)16-24-9-2-10-25-16/h2-6,9-10,14,17,26H,1,7-8,11H2,(H,27,29)(H,28,30). The number of nitrogens with zero attached hydrogens (tertiary/aromatic N) is 2. The fourth-order valence-corrected chi connectivity index (χ4v) is 3.79. The Balaban J connectivity index is 1.46. The number of carbonyl (C=O) groups excluding carboxylic acids is 2. The molecule has 4 rings (SSSR count). The Morgan fingerprint density at radius 1 is 1.16 bits per heavy atom. The Kier molecular flexibility index (Phi) is 5.52. The normalized spacial score (nSPS) is 22.7. The molecular weight excluding hydrogens is 415 g/mol. The molecule has 0 radical (unpaired) electrons. The highest BCUT2D eigenvalue weighted by Gasteiger charge is 2.43. The van der Waals surface area contributed by atoms with Gasteiger partial charge in [-0.3, -0.25) is 14.9 Å². The fourth-order valence-electron chi connectivity index (χ4n) is 3.79. The summed E-state index contributed by atoms with van der Waals surface area (Å²) in [6, 6.07) is 6.33. The van der Waals surface area contributed by atoms with Crippen LogP contribution in [-0.2, 0) is 15.1 Å². The number of hydrogen-bond acceptors (Lipinski definition) is 6. The average Bonchev–Trinajstić information content (AvgIpc) is 2.70. The molecule has 2 amide bonds. The number of nitrogens with one attached hydrogen (secondary N) is 3. The summed E-state index contributed by atoms with van der Waals surface area (Å²) in [6.07, 6.45) is -0.302. The van der Waals surface area contributed by atoms with Gasteiger partial charge in [-0.05, 0) is 43.0 Å². The van der Waals surface area contributed by atoms with Crippen molar-refractivity contribution in [1.82, 2.24) is 25.9 Å². The molecule has 164 valence electrons. The summed E-state index contributed by atoms with van der Waals surface area (Å²) in [4.78, 5) is 33.3. The Morgan fingerprint density at radius 3 is 2.42 bits per heavy atom. The van der Waals surface area contributed by atoms with E-state index in [-0.39, 0.29) is 24.0 Å². The number of carbonyl (C=O) groups is 2. The second kappa shape index (κ2) is 8.14. The Hall–Kier alpha value is -3.21. The van der Waals surface area contributed by atoms with Crippen LogP contribution in [0.5, 0.6) is 5.75 Å². The largest absolute Gasteiger partial charge is 0.573 e. The summed E-state index contributed by atoms with van der Waals surface area (Å²) in [5, 5.41) is 8.74. The molecule has 8 nitrogen and oxygen atoms in total. The van der Waals surface area contributed by atoms with Crippen molar-refractivity contribution in [3.05, 3.63) is 54.1 Å². The van der Waals surface area contributed by atoms with Crippen LogP contribution in [0.25, 0.3) is 0 Å². The maximum Gasteiger partial charge on any atom is 0.573 e. The summed E-state index contributed by atoms with van der Waals surface area (Å²) >= 11 is 0. The predicted molar refractivity (Wildman–Crippen MR) is 101 cm³/mol. The smallest absolute Gasteiger partial charge is 0.406 e. The highest BCUT2D eigenvalue weighted by Crippen LogP contribution is 2.42. The molecule has 1 aliphatic carbocycles. The Labute approximate surface area is 175 Å². The molecule has 31 heavy (non-hydrogen) atoms. The topological polar surface area (TPSA) is 105 Å². The summed E-state index contributed by atoms with van der Waals surface area (Å²) in [5.41, 5.74) is -0.00724. The molecule has 0 bridgehead atoms. The second-order valence-corrected chi connectivity index (χ2v) is 7.53. The van der Waals surface area contributed by atoms with Gasteiger partial charge in [-0.2, -0.15) is 0 Å². The molecule has 2 aromatic rings. The van der Waals surface area contributed by atoms with E-state index in [1.165, 1.54) is 36.7 Å². The van der Waals surface area contributed by atoms with Crippen LogP contribution in [-0.4, -0.2) is 34.2 Å². The quantitative estimate of drug-likeness (QED) is 0.664. The van der Waals surface area contributed by atoms with E-state index in [2.05, 4.69) is 30.7 Å². The van der Waals surface area contributed by atoms with E-state index in [4.69, 9.17) is 0 Å². The van der Waals surface area contributed by atoms with Gasteiger partial charge in [0.15, 0.2) is 5.82 Å². The maximum absolute atomic E-state index is 13.0. The molecule has 1 aromatic carbocycles. The van der Waals surface area contributed by atoms with E-state index < -0.39 is 24.1 Å². The lowest BCUT2D eigenvalue weighted by Gasteiger charge is -2.44. The van der Waals surface area contributed by atoms with Crippen LogP contribution < -0.4 is 20.7 Å². The van der Waals surface area contributed by atoms with Crippen LogP contribution in [0.4, 0.5) is 13.2 Å². The van der Waals surface area contributed by atoms with E-state index in [1.54, 1.807) is 6.07 Å². The number of amides is 2. The van der Waals surface area contributed by atoms with Gasteiger partial charge >= 0.3 is 6.36 Å². The first kappa shape index (κ1) is 21.0. The minimum atomic E-state index is -4.77. The molecule has 2 unspecified atom stereocenters. The number of rotatable bonds is 5. The van der Waals surface area contributed by atoms with Crippen molar-refractivity contribution in [3.8, 4) is 5.75 Å². The minimum absolute atomic E-state index is 0.0520. The van der Waals surface area contributed by atoms with E-state index >= 15 is 0 Å².